The molecule has 0 bridgehead atoms. The molecule has 0 atom stereocenters. The quantitative estimate of drug-likeness (QED) is 0.625. The fraction of sp³-hybridized carbons (Fsp3) is 0.267. The molecule has 116 valence electrons. The average molecular weight is 303 g/mol. The molecule has 0 radical (unpaired) electrons. The van der Waals surface area contributed by atoms with Crippen molar-refractivity contribution in [2.45, 2.75) is 13.5 Å². The number of benzene rings is 1. The largest absolute Gasteiger partial charge is 0.493 e. The molecule has 2 aromatic rings. The molecule has 1 heterocycles. The second-order valence-corrected chi connectivity index (χ2v) is 4.42. The Morgan fingerprint density at radius 2 is 2.14 bits per heavy atom. The van der Waals surface area contributed by atoms with Crippen molar-refractivity contribution < 1.29 is 14.4 Å². The lowest BCUT2D eigenvalue weighted by Crippen LogP contribution is -2.04. The molecule has 2 rings (SSSR count). The minimum absolute atomic E-state index is 0.0546. The maximum absolute atomic E-state index is 10.9. The van der Waals surface area contributed by atoms with Gasteiger partial charge < -0.3 is 14.8 Å². The van der Waals surface area contributed by atoms with E-state index in [1.807, 2.05) is 25.1 Å². The van der Waals surface area contributed by atoms with E-state index in [2.05, 4.69) is 10.3 Å². The Morgan fingerprint density at radius 1 is 1.32 bits per heavy atom. The molecule has 0 unspecified atom stereocenters. The summed E-state index contributed by atoms with van der Waals surface area (Å²) in [5.74, 6) is 1.30. The van der Waals surface area contributed by atoms with Gasteiger partial charge in [-0.25, -0.2) is 0 Å². The molecule has 1 N–H and O–H groups in total. The third kappa shape index (κ3) is 3.63. The fourth-order valence-corrected chi connectivity index (χ4v) is 1.98. The van der Waals surface area contributed by atoms with Crippen molar-refractivity contribution in [1.29, 1.82) is 0 Å². The Bertz CT molecular complexity index is 661. The van der Waals surface area contributed by atoms with Crippen LogP contribution in [0, 0.1) is 10.1 Å². The molecule has 0 aliphatic heterocycles. The molecule has 0 aliphatic carbocycles. The lowest BCUT2D eigenvalue weighted by atomic mass is 10.2. The number of aromatic nitrogens is 1. The van der Waals surface area contributed by atoms with Crippen molar-refractivity contribution in [2.24, 2.45) is 0 Å². The van der Waals surface area contributed by atoms with Crippen molar-refractivity contribution in [2.75, 3.05) is 19.0 Å². The maximum Gasteiger partial charge on any atom is 0.310 e. The first-order valence-electron chi connectivity index (χ1n) is 6.77. The van der Waals surface area contributed by atoms with E-state index in [-0.39, 0.29) is 5.69 Å². The zero-order chi connectivity index (χ0) is 15.9. The molecule has 0 saturated heterocycles. The van der Waals surface area contributed by atoms with Gasteiger partial charge in [-0.05, 0) is 30.7 Å². The zero-order valence-corrected chi connectivity index (χ0v) is 12.4. The number of nitro groups is 1. The fourth-order valence-electron chi connectivity index (χ4n) is 1.98. The summed E-state index contributed by atoms with van der Waals surface area (Å²) < 4.78 is 10.7. The molecular formula is C15H17N3O4. The Kier molecular flexibility index (Phi) is 5.13. The van der Waals surface area contributed by atoms with Crippen LogP contribution in [-0.4, -0.2) is 23.6 Å². The molecular weight excluding hydrogens is 286 g/mol. The molecule has 0 aliphatic rings. The Hall–Kier alpha value is -2.83. The highest BCUT2D eigenvalue weighted by Gasteiger charge is 2.13. The summed E-state index contributed by atoms with van der Waals surface area (Å²) in [6, 6.07) is 7.11. The van der Waals surface area contributed by atoms with Gasteiger partial charge in [0.15, 0.2) is 11.5 Å². The number of nitrogens with zero attached hydrogens (tertiary/aromatic N) is 2. The topological polar surface area (TPSA) is 86.5 Å². The van der Waals surface area contributed by atoms with Crippen LogP contribution in [-0.2, 0) is 6.54 Å². The van der Waals surface area contributed by atoms with Crippen molar-refractivity contribution >= 4 is 11.4 Å². The SMILES string of the molecule is CCOc1cc(CNc2ccncc2[N+](=O)[O-])ccc1OC. The second-order valence-electron chi connectivity index (χ2n) is 4.42. The van der Waals surface area contributed by atoms with Gasteiger partial charge in [-0.1, -0.05) is 6.07 Å². The predicted molar refractivity (Wildman–Crippen MR) is 82.4 cm³/mol. The van der Waals surface area contributed by atoms with Crippen molar-refractivity contribution in [1.82, 2.24) is 4.98 Å². The molecule has 7 heteroatoms. The molecule has 0 fully saturated rings. The van der Waals surface area contributed by atoms with Gasteiger partial charge in [-0.15, -0.1) is 0 Å². The first kappa shape index (κ1) is 15.6. The minimum Gasteiger partial charge on any atom is -0.493 e. The van der Waals surface area contributed by atoms with Crippen LogP contribution in [0.5, 0.6) is 11.5 Å². The number of ether oxygens (including phenoxy) is 2. The van der Waals surface area contributed by atoms with E-state index in [9.17, 15) is 10.1 Å². The summed E-state index contributed by atoms with van der Waals surface area (Å²) in [6.45, 7) is 2.85. The number of rotatable bonds is 7. The van der Waals surface area contributed by atoms with Gasteiger partial charge in [0, 0.05) is 12.7 Å². The van der Waals surface area contributed by atoms with E-state index in [0.29, 0.717) is 30.3 Å². The van der Waals surface area contributed by atoms with Crippen molar-refractivity contribution in [3.63, 3.8) is 0 Å². The lowest BCUT2D eigenvalue weighted by Gasteiger charge is -2.12. The zero-order valence-electron chi connectivity index (χ0n) is 12.4. The highest BCUT2D eigenvalue weighted by Crippen LogP contribution is 2.29. The molecule has 7 nitrogen and oxygen atoms in total. The summed E-state index contributed by atoms with van der Waals surface area (Å²) in [7, 11) is 1.58. The summed E-state index contributed by atoms with van der Waals surface area (Å²) in [6.07, 6.45) is 2.73. The number of methoxy groups -OCH3 is 1. The van der Waals surface area contributed by atoms with Gasteiger partial charge in [0.05, 0.1) is 18.6 Å². The normalized spacial score (nSPS) is 10.1. The maximum atomic E-state index is 10.9. The minimum atomic E-state index is -0.463. The van der Waals surface area contributed by atoms with E-state index in [4.69, 9.17) is 9.47 Å². The highest BCUT2D eigenvalue weighted by atomic mass is 16.6. The number of hydrogen-bond donors (Lipinski definition) is 1. The van der Waals surface area contributed by atoms with Gasteiger partial charge in [0.2, 0.25) is 0 Å². The van der Waals surface area contributed by atoms with E-state index in [1.165, 1.54) is 12.4 Å². The Labute approximate surface area is 128 Å². The number of nitrogens with one attached hydrogen (secondary N) is 1. The van der Waals surface area contributed by atoms with Crippen LogP contribution in [0.1, 0.15) is 12.5 Å². The third-order valence-corrected chi connectivity index (χ3v) is 3.01. The number of hydrogen-bond acceptors (Lipinski definition) is 6. The van der Waals surface area contributed by atoms with E-state index in [1.54, 1.807) is 13.2 Å². The van der Waals surface area contributed by atoms with Gasteiger partial charge in [0.25, 0.3) is 0 Å². The monoisotopic (exact) mass is 303 g/mol. The standard InChI is InChI=1S/C15H17N3O4/c1-3-22-15-8-11(4-5-14(15)21-2)9-17-12-6-7-16-10-13(12)18(19)20/h4-8,10H,3,9H2,1-2H3,(H,16,17). The van der Waals surface area contributed by atoms with E-state index < -0.39 is 4.92 Å². The first-order valence-corrected chi connectivity index (χ1v) is 6.77. The van der Waals surface area contributed by atoms with Crippen LogP contribution in [0.15, 0.2) is 36.7 Å². The smallest absolute Gasteiger partial charge is 0.310 e. The van der Waals surface area contributed by atoms with Crippen LogP contribution >= 0.6 is 0 Å². The van der Waals surface area contributed by atoms with Crippen molar-refractivity contribution in [3.05, 3.63) is 52.3 Å². The Morgan fingerprint density at radius 3 is 2.82 bits per heavy atom. The summed E-state index contributed by atoms with van der Waals surface area (Å²) in [5.41, 5.74) is 1.30. The number of pyridine rings is 1. The van der Waals surface area contributed by atoms with Gasteiger partial charge >= 0.3 is 5.69 Å². The van der Waals surface area contributed by atoms with Gasteiger partial charge in [-0.3, -0.25) is 15.1 Å². The average Bonchev–Trinajstić information content (AvgIpc) is 2.53. The molecule has 0 amide bonds. The van der Waals surface area contributed by atoms with Gasteiger partial charge in [0.1, 0.15) is 11.9 Å². The van der Waals surface area contributed by atoms with Crippen LogP contribution in [0.25, 0.3) is 0 Å². The summed E-state index contributed by atoms with van der Waals surface area (Å²) in [4.78, 5) is 14.2. The molecule has 0 spiro atoms. The summed E-state index contributed by atoms with van der Waals surface area (Å²) >= 11 is 0. The van der Waals surface area contributed by atoms with Crippen LogP contribution in [0.2, 0.25) is 0 Å². The molecule has 22 heavy (non-hydrogen) atoms. The first-order chi connectivity index (χ1) is 10.7. The Balaban J connectivity index is 2.15. The van der Waals surface area contributed by atoms with Gasteiger partial charge in [-0.2, -0.15) is 0 Å². The number of anilines is 1. The van der Waals surface area contributed by atoms with E-state index >= 15 is 0 Å². The molecule has 1 aromatic heterocycles. The third-order valence-electron chi connectivity index (χ3n) is 3.01. The summed E-state index contributed by atoms with van der Waals surface area (Å²) in [5, 5.41) is 14.0. The predicted octanol–water partition coefficient (Wildman–Crippen LogP) is 3.01. The van der Waals surface area contributed by atoms with Crippen LogP contribution in [0.4, 0.5) is 11.4 Å². The van der Waals surface area contributed by atoms with E-state index in [0.717, 1.165) is 5.56 Å². The van der Waals surface area contributed by atoms with Crippen LogP contribution < -0.4 is 14.8 Å². The van der Waals surface area contributed by atoms with Crippen molar-refractivity contribution in [3.8, 4) is 11.5 Å². The molecule has 0 saturated carbocycles. The second kappa shape index (κ2) is 7.26. The highest BCUT2D eigenvalue weighted by molar-refractivity contribution is 5.59. The molecule has 1 aromatic carbocycles. The van der Waals surface area contributed by atoms with Crippen LogP contribution in [0.3, 0.4) is 0 Å². The lowest BCUT2D eigenvalue weighted by molar-refractivity contribution is -0.384.